The minimum Gasteiger partial charge on any atom is -0.449 e. The minimum absolute atomic E-state index is 0.902. The largest absolute Gasteiger partial charge is 0.510 e. The van der Waals surface area contributed by atoms with Crippen LogP contribution in [0.1, 0.15) is 5.56 Å². The van der Waals surface area contributed by atoms with Gasteiger partial charge in [-0.25, -0.2) is 4.79 Å². The van der Waals surface area contributed by atoms with Gasteiger partial charge in [0.05, 0.1) is 6.26 Å². The first-order valence-electron chi connectivity index (χ1n) is 3.40. The normalized spacial score (nSPS) is 10.0. The van der Waals surface area contributed by atoms with Gasteiger partial charge in [-0.15, -0.1) is 0 Å². The summed E-state index contributed by atoms with van der Waals surface area (Å²) in [4.78, 5) is 9.92. The molecule has 0 saturated heterocycles. The average Bonchev–Trinajstić information content (AvgIpc) is 2.05. The van der Waals surface area contributed by atoms with Crippen LogP contribution >= 0.6 is 0 Å². The fourth-order valence-electron chi connectivity index (χ4n) is 0.735. The highest BCUT2D eigenvalue weighted by Gasteiger charge is 1.88. The van der Waals surface area contributed by atoms with Gasteiger partial charge in [0, 0.05) is 0 Å². The van der Waals surface area contributed by atoms with Crippen LogP contribution < -0.4 is 0 Å². The number of hydrogen-bond acceptors (Lipinski definition) is 2. The van der Waals surface area contributed by atoms with E-state index in [-0.39, 0.29) is 0 Å². The van der Waals surface area contributed by atoms with Gasteiger partial charge in [0.15, 0.2) is 0 Å². The molecule has 0 saturated carbocycles. The Morgan fingerprint density at radius 3 is 2.58 bits per heavy atom. The van der Waals surface area contributed by atoms with Crippen molar-refractivity contribution in [3.63, 3.8) is 0 Å². The smallest absolute Gasteiger partial charge is 0.449 e. The van der Waals surface area contributed by atoms with E-state index in [4.69, 9.17) is 5.11 Å². The number of ether oxygens (including phenoxy) is 1. The van der Waals surface area contributed by atoms with Crippen molar-refractivity contribution in [1.29, 1.82) is 0 Å². The number of hydrogen-bond donors (Lipinski definition) is 1. The van der Waals surface area contributed by atoms with Gasteiger partial charge in [-0.05, 0) is 11.6 Å². The quantitative estimate of drug-likeness (QED) is 0.539. The highest BCUT2D eigenvalue weighted by Crippen LogP contribution is 2.00. The molecule has 12 heavy (non-hydrogen) atoms. The van der Waals surface area contributed by atoms with Crippen molar-refractivity contribution in [1.82, 2.24) is 0 Å². The van der Waals surface area contributed by atoms with Crippen LogP contribution in [0, 0.1) is 0 Å². The summed E-state index contributed by atoms with van der Waals surface area (Å²) in [7, 11) is 0. The van der Waals surface area contributed by atoms with E-state index in [0.29, 0.717) is 0 Å². The molecule has 0 amide bonds. The Kier molecular flexibility index (Phi) is 2.90. The van der Waals surface area contributed by atoms with Crippen LogP contribution in [0.5, 0.6) is 0 Å². The van der Waals surface area contributed by atoms with Crippen molar-refractivity contribution in [2.45, 2.75) is 0 Å². The van der Waals surface area contributed by atoms with Crippen LogP contribution in [0.3, 0.4) is 0 Å². The number of carbonyl (C=O) groups is 1. The van der Waals surface area contributed by atoms with E-state index in [2.05, 4.69) is 4.74 Å². The molecule has 1 N–H and O–H groups in total. The van der Waals surface area contributed by atoms with Crippen molar-refractivity contribution in [2.75, 3.05) is 0 Å². The van der Waals surface area contributed by atoms with Crippen LogP contribution in [-0.2, 0) is 4.74 Å². The van der Waals surface area contributed by atoms with E-state index in [1.165, 1.54) is 0 Å². The van der Waals surface area contributed by atoms with Crippen molar-refractivity contribution < 1.29 is 14.6 Å². The van der Waals surface area contributed by atoms with Crippen molar-refractivity contribution in [2.24, 2.45) is 0 Å². The molecule has 62 valence electrons. The predicted octanol–water partition coefficient (Wildman–Crippen LogP) is 2.35. The van der Waals surface area contributed by atoms with E-state index >= 15 is 0 Å². The van der Waals surface area contributed by atoms with Crippen LogP contribution in [0.25, 0.3) is 6.08 Å². The second-order valence-corrected chi connectivity index (χ2v) is 2.10. The summed E-state index contributed by atoms with van der Waals surface area (Å²) >= 11 is 0. The molecule has 0 heterocycles. The van der Waals surface area contributed by atoms with Crippen LogP contribution in [0.15, 0.2) is 36.6 Å². The summed E-state index contributed by atoms with van der Waals surface area (Å²) in [5.74, 6) is 0. The van der Waals surface area contributed by atoms with Gasteiger partial charge in [0.2, 0.25) is 0 Å². The van der Waals surface area contributed by atoms with Crippen LogP contribution in [0.2, 0.25) is 0 Å². The third-order valence-corrected chi connectivity index (χ3v) is 1.23. The van der Waals surface area contributed by atoms with E-state index < -0.39 is 6.16 Å². The summed E-state index contributed by atoms with van der Waals surface area (Å²) in [5.41, 5.74) is 0.902. The van der Waals surface area contributed by atoms with Gasteiger partial charge < -0.3 is 9.84 Å². The zero-order valence-corrected chi connectivity index (χ0v) is 6.31. The minimum atomic E-state index is -1.30. The molecule has 1 aromatic rings. The van der Waals surface area contributed by atoms with Gasteiger partial charge in [-0.1, -0.05) is 30.3 Å². The molecule has 0 atom stereocenters. The third-order valence-electron chi connectivity index (χ3n) is 1.23. The van der Waals surface area contributed by atoms with Crippen molar-refractivity contribution in [3.8, 4) is 0 Å². The maximum atomic E-state index is 9.92. The molecule has 0 aliphatic heterocycles. The van der Waals surface area contributed by atoms with Crippen LogP contribution in [-0.4, -0.2) is 11.3 Å². The zero-order valence-electron chi connectivity index (χ0n) is 6.31. The monoisotopic (exact) mass is 164 g/mol. The topological polar surface area (TPSA) is 46.5 Å². The number of rotatable bonds is 2. The third kappa shape index (κ3) is 2.88. The Hall–Kier alpha value is -1.77. The Labute approximate surface area is 69.9 Å². The molecule has 0 aliphatic carbocycles. The van der Waals surface area contributed by atoms with Gasteiger partial charge >= 0.3 is 6.16 Å². The molecule has 0 fully saturated rings. The molecule has 0 bridgehead atoms. The van der Waals surface area contributed by atoms with Gasteiger partial charge in [0.25, 0.3) is 0 Å². The Bertz CT molecular complexity index is 277. The Balaban J connectivity index is 2.52. The summed E-state index contributed by atoms with van der Waals surface area (Å²) in [6.45, 7) is 0. The number of benzene rings is 1. The fraction of sp³-hybridized carbons (Fsp3) is 0. The van der Waals surface area contributed by atoms with E-state index in [1.807, 2.05) is 30.3 Å². The maximum Gasteiger partial charge on any atom is 0.510 e. The molecule has 3 nitrogen and oxygen atoms in total. The Morgan fingerprint density at radius 2 is 2.00 bits per heavy atom. The molecule has 1 aromatic carbocycles. The first-order valence-corrected chi connectivity index (χ1v) is 3.40. The molecule has 0 aromatic heterocycles. The van der Waals surface area contributed by atoms with Gasteiger partial charge in [0.1, 0.15) is 0 Å². The van der Waals surface area contributed by atoms with E-state index in [1.54, 1.807) is 6.08 Å². The lowest BCUT2D eigenvalue weighted by Gasteiger charge is -1.90. The summed E-state index contributed by atoms with van der Waals surface area (Å²) in [5, 5.41) is 8.12. The van der Waals surface area contributed by atoms with Crippen molar-refractivity contribution >= 4 is 12.2 Å². The maximum absolute atomic E-state index is 9.92. The lowest BCUT2D eigenvalue weighted by Crippen LogP contribution is -1.91. The zero-order chi connectivity index (χ0) is 8.81. The standard InChI is InChI=1S/C9H8O3/c10-9(11)12-7-6-8-4-2-1-3-5-8/h1-7H,(H,10,11)/b7-6+. The average molecular weight is 164 g/mol. The first kappa shape index (κ1) is 8.33. The highest BCUT2D eigenvalue weighted by atomic mass is 16.7. The fourth-order valence-corrected chi connectivity index (χ4v) is 0.735. The predicted molar refractivity (Wildman–Crippen MR) is 44.6 cm³/mol. The summed E-state index contributed by atoms with van der Waals surface area (Å²) in [6.07, 6.45) is 1.41. The summed E-state index contributed by atoms with van der Waals surface area (Å²) < 4.78 is 4.18. The van der Waals surface area contributed by atoms with Crippen LogP contribution in [0.4, 0.5) is 4.79 Å². The van der Waals surface area contributed by atoms with Gasteiger partial charge in [-0.2, -0.15) is 0 Å². The molecular weight excluding hydrogens is 156 g/mol. The second kappa shape index (κ2) is 4.18. The van der Waals surface area contributed by atoms with Crippen molar-refractivity contribution in [3.05, 3.63) is 42.2 Å². The SMILES string of the molecule is O=C(O)O/C=C/c1ccccc1. The second-order valence-electron chi connectivity index (χ2n) is 2.10. The van der Waals surface area contributed by atoms with Gasteiger partial charge in [-0.3, -0.25) is 0 Å². The summed E-state index contributed by atoms with van der Waals surface area (Å²) in [6, 6.07) is 9.31. The molecule has 1 rings (SSSR count). The molecule has 0 radical (unpaired) electrons. The lowest BCUT2D eigenvalue weighted by molar-refractivity contribution is 0.128. The molecule has 0 spiro atoms. The van der Waals surface area contributed by atoms with E-state index in [9.17, 15) is 4.79 Å². The highest BCUT2D eigenvalue weighted by molar-refractivity contribution is 5.59. The molecule has 3 heteroatoms. The molecule has 0 unspecified atom stereocenters. The first-order chi connectivity index (χ1) is 5.79. The Morgan fingerprint density at radius 1 is 1.33 bits per heavy atom. The lowest BCUT2D eigenvalue weighted by atomic mass is 10.2. The molecular formula is C9H8O3. The van der Waals surface area contributed by atoms with E-state index in [0.717, 1.165) is 11.8 Å². The number of carboxylic acid groups (broad SMARTS) is 1. The molecule has 0 aliphatic rings.